The van der Waals surface area contributed by atoms with Crippen molar-refractivity contribution in [2.45, 2.75) is 12.6 Å². The van der Waals surface area contributed by atoms with Crippen molar-refractivity contribution in [2.24, 2.45) is 0 Å². The molecule has 1 aliphatic rings. The standard InChI is InChI=1S/C13H13FN4/c14-13-10(6-15)2-1-3-11(13)9-18-5-4-17-8-12(18)7-16/h1-3,12,17H,4-5,8-9H2. The minimum atomic E-state index is -0.477. The molecule has 0 amide bonds. The summed E-state index contributed by atoms with van der Waals surface area (Å²) < 4.78 is 13.9. The van der Waals surface area contributed by atoms with E-state index in [1.165, 1.54) is 6.07 Å². The molecule has 4 nitrogen and oxygen atoms in total. The van der Waals surface area contributed by atoms with Gasteiger partial charge in [-0.05, 0) is 6.07 Å². The molecule has 1 aromatic rings. The molecule has 1 N–H and O–H groups in total. The lowest BCUT2D eigenvalue weighted by atomic mass is 10.1. The smallest absolute Gasteiger partial charge is 0.145 e. The van der Waals surface area contributed by atoms with Crippen molar-refractivity contribution in [1.82, 2.24) is 10.2 Å². The van der Waals surface area contributed by atoms with Crippen LogP contribution in [-0.4, -0.2) is 30.6 Å². The first-order chi connectivity index (χ1) is 8.76. The van der Waals surface area contributed by atoms with Gasteiger partial charge >= 0.3 is 0 Å². The molecule has 1 aromatic carbocycles. The normalized spacial score (nSPS) is 20.1. The number of hydrogen-bond acceptors (Lipinski definition) is 4. The van der Waals surface area contributed by atoms with Gasteiger partial charge in [-0.25, -0.2) is 4.39 Å². The lowest BCUT2D eigenvalue weighted by molar-refractivity contribution is 0.187. The van der Waals surface area contributed by atoms with Crippen molar-refractivity contribution in [3.8, 4) is 12.1 Å². The number of piperazine rings is 1. The van der Waals surface area contributed by atoms with Gasteiger partial charge in [0.2, 0.25) is 0 Å². The highest BCUT2D eigenvalue weighted by molar-refractivity contribution is 5.35. The molecule has 1 unspecified atom stereocenters. The average molecular weight is 244 g/mol. The third kappa shape index (κ3) is 2.48. The van der Waals surface area contributed by atoms with Crippen LogP contribution in [0.4, 0.5) is 4.39 Å². The summed E-state index contributed by atoms with van der Waals surface area (Å²) in [4.78, 5) is 1.93. The van der Waals surface area contributed by atoms with E-state index in [2.05, 4.69) is 11.4 Å². The van der Waals surface area contributed by atoms with Gasteiger partial charge in [-0.2, -0.15) is 10.5 Å². The molecule has 1 heterocycles. The quantitative estimate of drug-likeness (QED) is 0.842. The minimum Gasteiger partial charge on any atom is -0.313 e. The van der Waals surface area contributed by atoms with Crippen LogP contribution in [0.5, 0.6) is 0 Å². The molecule has 2 rings (SSSR count). The molecule has 18 heavy (non-hydrogen) atoms. The molecular formula is C13H13FN4. The minimum absolute atomic E-state index is 0.0520. The molecule has 0 radical (unpaired) electrons. The van der Waals surface area contributed by atoms with Gasteiger partial charge < -0.3 is 5.32 Å². The molecule has 1 saturated heterocycles. The zero-order valence-electron chi connectivity index (χ0n) is 9.86. The summed E-state index contributed by atoms with van der Waals surface area (Å²) >= 11 is 0. The molecule has 5 heteroatoms. The largest absolute Gasteiger partial charge is 0.313 e. The Bertz CT molecular complexity index is 515. The van der Waals surface area contributed by atoms with Crippen LogP contribution in [0.3, 0.4) is 0 Å². The van der Waals surface area contributed by atoms with E-state index in [4.69, 9.17) is 10.5 Å². The van der Waals surface area contributed by atoms with Crippen molar-refractivity contribution in [3.05, 3.63) is 35.1 Å². The highest BCUT2D eigenvalue weighted by atomic mass is 19.1. The van der Waals surface area contributed by atoms with Crippen LogP contribution in [0.25, 0.3) is 0 Å². The van der Waals surface area contributed by atoms with E-state index in [1.54, 1.807) is 12.1 Å². The molecule has 0 aliphatic carbocycles. The summed E-state index contributed by atoms with van der Waals surface area (Å²) in [5, 5.41) is 20.9. The summed E-state index contributed by atoms with van der Waals surface area (Å²) in [7, 11) is 0. The molecule has 0 saturated carbocycles. The van der Waals surface area contributed by atoms with Crippen LogP contribution in [0.1, 0.15) is 11.1 Å². The van der Waals surface area contributed by atoms with Crippen LogP contribution in [-0.2, 0) is 6.54 Å². The highest BCUT2D eigenvalue weighted by Crippen LogP contribution is 2.16. The van der Waals surface area contributed by atoms with E-state index in [1.807, 2.05) is 11.0 Å². The van der Waals surface area contributed by atoms with E-state index >= 15 is 0 Å². The first-order valence-corrected chi connectivity index (χ1v) is 5.78. The van der Waals surface area contributed by atoms with Gasteiger partial charge in [-0.15, -0.1) is 0 Å². The van der Waals surface area contributed by atoms with Crippen LogP contribution in [0.15, 0.2) is 18.2 Å². The maximum atomic E-state index is 13.9. The third-order valence-corrected chi connectivity index (χ3v) is 3.08. The maximum absolute atomic E-state index is 13.9. The summed E-state index contributed by atoms with van der Waals surface area (Å²) in [5.74, 6) is -0.477. The van der Waals surface area contributed by atoms with Crippen LogP contribution in [0, 0.1) is 28.5 Å². The number of hydrogen-bond donors (Lipinski definition) is 1. The van der Waals surface area contributed by atoms with Gasteiger partial charge in [0.15, 0.2) is 0 Å². The van der Waals surface area contributed by atoms with E-state index < -0.39 is 5.82 Å². The molecule has 0 bridgehead atoms. The van der Waals surface area contributed by atoms with Crippen molar-refractivity contribution >= 4 is 0 Å². The van der Waals surface area contributed by atoms with E-state index in [0.29, 0.717) is 25.2 Å². The SMILES string of the molecule is N#Cc1cccc(CN2CCNCC2C#N)c1F. The second-order valence-electron chi connectivity index (χ2n) is 4.21. The van der Waals surface area contributed by atoms with E-state index in [-0.39, 0.29) is 11.6 Å². The molecule has 1 atom stereocenters. The fourth-order valence-corrected chi connectivity index (χ4v) is 2.07. The summed E-state index contributed by atoms with van der Waals surface area (Å²) in [6.07, 6.45) is 0. The Morgan fingerprint density at radius 3 is 3.00 bits per heavy atom. The lowest BCUT2D eigenvalue weighted by Crippen LogP contribution is -2.50. The van der Waals surface area contributed by atoms with E-state index in [9.17, 15) is 4.39 Å². The Morgan fingerprint density at radius 1 is 1.44 bits per heavy atom. The Hall–Kier alpha value is -1.95. The Labute approximate surface area is 105 Å². The predicted octanol–water partition coefficient (Wildman–Crippen LogP) is 0.995. The number of halogens is 1. The first-order valence-electron chi connectivity index (χ1n) is 5.78. The first kappa shape index (κ1) is 12.5. The van der Waals surface area contributed by atoms with Crippen molar-refractivity contribution < 1.29 is 4.39 Å². The Balaban J connectivity index is 2.19. The van der Waals surface area contributed by atoms with Gasteiger partial charge in [-0.1, -0.05) is 12.1 Å². The number of rotatable bonds is 2. The van der Waals surface area contributed by atoms with Gasteiger partial charge in [0.1, 0.15) is 17.9 Å². The second-order valence-corrected chi connectivity index (χ2v) is 4.21. The summed E-state index contributed by atoms with van der Waals surface area (Å²) in [6, 6.07) is 8.56. The highest BCUT2D eigenvalue weighted by Gasteiger charge is 2.23. The molecule has 92 valence electrons. The lowest BCUT2D eigenvalue weighted by Gasteiger charge is -2.31. The monoisotopic (exact) mass is 244 g/mol. The second kappa shape index (κ2) is 5.59. The van der Waals surface area contributed by atoms with Crippen molar-refractivity contribution in [3.63, 3.8) is 0 Å². The summed E-state index contributed by atoms with van der Waals surface area (Å²) in [6.45, 7) is 2.45. The zero-order valence-corrected chi connectivity index (χ0v) is 9.86. The average Bonchev–Trinajstić information content (AvgIpc) is 2.42. The summed E-state index contributed by atoms with van der Waals surface area (Å²) in [5.41, 5.74) is 0.521. The molecule has 0 aromatic heterocycles. The Morgan fingerprint density at radius 2 is 2.28 bits per heavy atom. The number of nitrogens with one attached hydrogen (secondary N) is 1. The maximum Gasteiger partial charge on any atom is 0.145 e. The molecule has 1 fully saturated rings. The molecule has 0 spiro atoms. The zero-order chi connectivity index (χ0) is 13.0. The third-order valence-electron chi connectivity index (χ3n) is 3.08. The van der Waals surface area contributed by atoms with Gasteiger partial charge in [0, 0.05) is 31.7 Å². The topological polar surface area (TPSA) is 62.9 Å². The molecular weight excluding hydrogens is 231 g/mol. The van der Waals surface area contributed by atoms with Crippen molar-refractivity contribution in [1.29, 1.82) is 10.5 Å². The van der Waals surface area contributed by atoms with Gasteiger partial charge in [0.05, 0.1) is 11.6 Å². The number of nitriles is 2. The van der Waals surface area contributed by atoms with Crippen molar-refractivity contribution in [2.75, 3.05) is 19.6 Å². The molecule has 1 aliphatic heterocycles. The van der Waals surface area contributed by atoms with Crippen LogP contribution >= 0.6 is 0 Å². The number of nitrogens with zero attached hydrogens (tertiary/aromatic N) is 3. The fourth-order valence-electron chi connectivity index (χ4n) is 2.07. The fraction of sp³-hybridized carbons (Fsp3) is 0.385. The predicted molar refractivity (Wildman–Crippen MR) is 63.8 cm³/mol. The number of benzene rings is 1. The van der Waals surface area contributed by atoms with Crippen LogP contribution in [0.2, 0.25) is 0 Å². The van der Waals surface area contributed by atoms with Gasteiger partial charge in [0.25, 0.3) is 0 Å². The Kier molecular flexibility index (Phi) is 3.88. The van der Waals surface area contributed by atoms with Crippen LogP contribution < -0.4 is 5.32 Å². The van der Waals surface area contributed by atoms with Gasteiger partial charge in [-0.3, -0.25) is 4.90 Å². The van der Waals surface area contributed by atoms with E-state index in [0.717, 1.165) is 6.54 Å².